The van der Waals surface area contributed by atoms with Crippen molar-refractivity contribution in [3.05, 3.63) is 53.6 Å². The first-order chi connectivity index (χ1) is 15.1. The molecule has 0 bridgehead atoms. The molecule has 0 saturated carbocycles. The fraction of sp³-hybridized carbons (Fsp3) is 0.318. The molecule has 1 aromatic carbocycles. The summed E-state index contributed by atoms with van der Waals surface area (Å²) >= 11 is 1.66. The van der Waals surface area contributed by atoms with E-state index in [-0.39, 0.29) is 11.8 Å². The predicted octanol–water partition coefficient (Wildman–Crippen LogP) is 3.74. The van der Waals surface area contributed by atoms with Crippen molar-refractivity contribution in [2.75, 3.05) is 23.3 Å². The number of carbonyl (C=O) groups is 1. The summed E-state index contributed by atoms with van der Waals surface area (Å²) in [7, 11) is 0. The molecule has 1 aliphatic heterocycles. The molecule has 1 unspecified atom stereocenters. The average molecular weight is 434 g/mol. The van der Waals surface area contributed by atoms with Gasteiger partial charge in [0, 0.05) is 31.2 Å². The largest absolute Gasteiger partial charge is 0.354 e. The first-order valence-electron chi connectivity index (χ1n) is 10.3. The van der Waals surface area contributed by atoms with Crippen LogP contribution in [-0.2, 0) is 4.79 Å². The van der Waals surface area contributed by atoms with Crippen molar-refractivity contribution in [3.63, 3.8) is 0 Å². The van der Waals surface area contributed by atoms with Crippen LogP contribution in [0.25, 0.3) is 16.0 Å². The Bertz CT molecular complexity index is 1230. The van der Waals surface area contributed by atoms with E-state index in [1.54, 1.807) is 17.5 Å². The Balaban J connectivity index is 1.27. The summed E-state index contributed by atoms with van der Waals surface area (Å²) in [5.74, 6) is 2.33. The van der Waals surface area contributed by atoms with Crippen LogP contribution < -0.4 is 10.2 Å². The molecule has 3 aromatic heterocycles. The van der Waals surface area contributed by atoms with Gasteiger partial charge >= 0.3 is 0 Å². The van der Waals surface area contributed by atoms with Gasteiger partial charge in [-0.25, -0.2) is 9.97 Å². The van der Waals surface area contributed by atoms with Crippen LogP contribution in [0.4, 0.5) is 11.5 Å². The molecular weight excluding hydrogens is 410 g/mol. The van der Waals surface area contributed by atoms with E-state index in [0.29, 0.717) is 6.54 Å². The number of aromatic nitrogens is 5. The topological polar surface area (TPSA) is 88.8 Å². The monoisotopic (exact) mass is 433 g/mol. The number of piperidine rings is 1. The molecule has 1 N–H and O–H groups in total. The number of fused-ring (bicyclic) bond motifs is 1. The van der Waals surface area contributed by atoms with E-state index in [0.717, 1.165) is 57.8 Å². The highest BCUT2D eigenvalue weighted by Gasteiger charge is 2.27. The van der Waals surface area contributed by atoms with E-state index >= 15 is 0 Å². The number of hydrogen-bond donors (Lipinski definition) is 1. The van der Waals surface area contributed by atoms with Crippen molar-refractivity contribution in [2.45, 2.75) is 26.7 Å². The molecule has 1 atom stereocenters. The molecule has 1 saturated heterocycles. The third-order valence-electron chi connectivity index (χ3n) is 5.59. The molecule has 1 aliphatic rings. The third-order valence-corrected chi connectivity index (χ3v) is 6.54. The first kappa shape index (κ1) is 19.6. The van der Waals surface area contributed by atoms with Crippen LogP contribution in [-0.4, -0.2) is 43.7 Å². The smallest absolute Gasteiger partial charge is 0.229 e. The summed E-state index contributed by atoms with van der Waals surface area (Å²) in [5.41, 5.74) is 1.72. The van der Waals surface area contributed by atoms with Crippen LogP contribution >= 0.6 is 11.3 Å². The van der Waals surface area contributed by atoms with Gasteiger partial charge < -0.3 is 10.2 Å². The maximum atomic E-state index is 12.9. The van der Waals surface area contributed by atoms with Gasteiger partial charge in [-0.3, -0.25) is 9.36 Å². The van der Waals surface area contributed by atoms with Gasteiger partial charge in [-0.15, -0.1) is 21.5 Å². The lowest BCUT2D eigenvalue weighted by Crippen LogP contribution is -2.41. The summed E-state index contributed by atoms with van der Waals surface area (Å²) in [6.45, 7) is 5.41. The van der Waals surface area contributed by atoms with Gasteiger partial charge in [0.1, 0.15) is 5.82 Å². The molecule has 158 valence electrons. The van der Waals surface area contributed by atoms with Gasteiger partial charge in [0.2, 0.25) is 5.91 Å². The van der Waals surface area contributed by atoms with Crippen LogP contribution in [0.15, 0.2) is 42.7 Å². The Morgan fingerprint density at radius 2 is 2.00 bits per heavy atom. The van der Waals surface area contributed by atoms with Gasteiger partial charge in [0.05, 0.1) is 21.1 Å². The van der Waals surface area contributed by atoms with Crippen molar-refractivity contribution < 1.29 is 4.79 Å². The minimum absolute atomic E-state index is 0.0367. The van der Waals surface area contributed by atoms with Gasteiger partial charge in [0.25, 0.3) is 0 Å². The fourth-order valence-corrected chi connectivity index (χ4v) is 4.81. The van der Waals surface area contributed by atoms with Gasteiger partial charge in [-0.2, -0.15) is 0 Å². The zero-order chi connectivity index (χ0) is 21.4. The highest BCUT2D eigenvalue weighted by molar-refractivity contribution is 7.18. The van der Waals surface area contributed by atoms with Crippen molar-refractivity contribution in [1.82, 2.24) is 24.7 Å². The number of nitrogens with zero attached hydrogens (tertiary/aromatic N) is 6. The number of nitrogens with one attached hydrogen (secondary N) is 1. The molecule has 9 heteroatoms. The van der Waals surface area contributed by atoms with Crippen molar-refractivity contribution in [3.8, 4) is 5.82 Å². The SMILES string of the molecule is Cc1nc2cc(NC(=O)C3CCCN(c4ccc(-n5ccnc5C)nn4)C3)ccc2s1. The molecule has 0 radical (unpaired) electrons. The summed E-state index contributed by atoms with van der Waals surface area (Å²) in [5, 5.41) is 12.8. The Kier molecular flexibility index (Phi) is 5.11. The number of hydrogen-bond acceptors (Lipinski definition) is 7. The van der Waals surface area contributed by atoms with Crippen LogP contribution in [0, 0.1) is 19.8 Å². The quantitative estimate of drug-likeness (QED) is 0.527. The van der Waals surface area contributed by atoms with E-state index in [2.05, 4.69) is 30.4 Å². The first-order valence-corrected chi connectivity index (χ1v) is 11.2. The standard InChI is InChI=1S/C22H23N7OS/c1-14-23-9-11-29(14)21-8-7-20(26-27-21)28-10-3-4-16(13-28)22(30)25-17-5-6-19-18(12-17)24-15(2)31-19/h5-9,11-12,16H,3-4,10,13H2,1-2H3,(H,25,30). The molecule has 1 fully saturated rings. The Hall–Kier alpha value is -3.33. The summed E-state index contributed by atoms with van der Waals surface area (Å²) in [6.07, 6.45) is 5.41. The summed E-state index contributed by atoms with van der Waals surface area (Å²) in [4.78, 5) is 23.8. The minimum Gasteiger partial charge on any atom is -0.354 e. The number of amides is 1. The van der Waals surface area contributed by atoms with Crippen LogP contribution in [0.1, 0.15) is 23.7 Å². The van der Waals surface area contributed by atoms with Gasteiger partial charge in [0.15, 0.2) is 11.6 Å². The van der Waals surface area contributed by atoms with Gasteiger partial charge in [-0.05, 0) is 57.0 Å². The number of carbonyl (C=O) groups excluding carboxylic acids is 1. The minimum atomic E-state index is -0.0982. The van der Waals surface area contributed by atoms with E-state index in [1.165, 1.54) is 0 Å². The third kappa shape index (κ3) is 4.00. The molecule has 5 rings (SSSR count). The highest BCUT2D eigenvalue weighted by atomic mass is 32.1. The lowest BCUT2D eigenvalue weighted by molar-refractivity contribution is -0.120. The molecule has 31 heavy (non-hydrogen) atoms. The molecule has 4 heterocycles. The number of thiazole rings is 1. The van der Waals surface area contributed by atoms with Crippen molar-refractivity contribution >= 4 is 39.0 Å². The summed E-state index contributed by atoms with van der Waals surface area (Å²) in [6, 6.07) is 9.80. The lowest BCUT2D eigenvalue weighted by Gasteiger charge is -2.32. The number of imidazole rings is 1. The van der Waals surface area contributed by atoms with E-state index in [9.17, 15) is 4.79 Å². The maximum Gasteiger partial charge on any atom is 0.229 e. The normalized spacial score (nSPS) is 16.6. The molecule has 0 spiro atoms. The Morgan fingerprint density at radius 3 is 2.77 bits per heavy atom. The zero-order valence-electron chi connectivity index (χ0n) is 17.4. The van der Waals surface area contributed by atoms with Crippen LogP contribution in [0.3, 0.4) is 0 Å². The second-order valence-corrected chi connectivity index (χ2v) is 9.02. The predicted molar refractivity (Wildman–Crippen MR) is 122 cm³/mol. The Morgan fingerprint density at radius 1 is 1.16 bits per heavy atom. The van der Waals surface area contributed by atoms with Gasteiger partial charge in [-0.1, -0.05) is 0 Å². The molecule has 0 aliphatic carbocycles. The number of benzene rings is 1. The number of aryl methyl sites for hydroxylation is 2. The number of anilines is 2. The van der Waals surface area contributed by atoms with E-state index in [4.69, 9.17) is 0 Å². The van der Waals surface area contributed by atoms with E-state index < -0.39 is 0 Å². The molecule has 1 amide bonds. The fourth-order valence-electron chi connectivity index (χ4n) is 4.00. The van der Waals surface area contributed by atoms with Crippen molar-refractivity contribution in [1.29, 1.82) is 0 Å². The van der Waals surface area contributed by atoms with Crippen molar-refractivity contribution in [2.24, 2.45) is 5.92 Å². The van der Waals surface area contributed by atoms with Crippen LogP contribution in [0.5, 0.6) is 0 Å². The lowest BCUT2D eigenvalue weighted by atomic mass is 9.97. The average Bonchev–Trinajstić information content (AvgIpc) is 3.38. The Labute approximate surface area is 184 Å². The second kappa shape index (κ2) is 8.07. The van der Waals surface area contributed by atoms with E-state index in [1.807, 2.05) is 54.9 Å². The van der Waals surface area contributed by atoms with Crippen LogP contribution in [0.2, 0.25) is 0 Å². The number of rotatable bonds is 4. The molecule has 8 nitrogen and oxygen atoms in total. The zero-order valence-corrected chi connectivity index (χ0v) is 18.3. The highest BCUT2D eigenvalue weighted by Crippen LogP contribution is 2.26. The molecule has 4 aromatic rings. The summed E-state index contributed by atoms with van der Waals surface area (Å²) < 4.78 is 3.02. The maximum absolute atomic E-state index is 12.9. The second-order valence-electron chi connectivity index (χ2n) is 7.78. The molecular formula is C22H23N7OS.